The van der Waals surface area contributed by atoms with E-state index in [2.05, 4.69) is 10.1 Å². The molecule has 1 aliphatic heterocycles. The molecule has 4 rings (SSSR count). The Morgan fingerprint density at radius 1 is 1.12 bits per heavy atom. The minimum absolute atomic E-state index is 0.0667. The van der Waals surface area contributed by atoms with Crippen LogP contribution in [0.4, 0.5) is 4.39 Å². The van der Waals surface area contributed by atoms with Crippen LogP contribution in [0, 0.1) is 5.82 Å². The Kier molecular flexibility index (Phi) is 5.02. The topological polar surface area (TPSA) is 38.5 Å². The van der Waals surface area contributed by atoms with Gasteiger partial charge in [0.15, 0.2) is 5.76 Å². The van der Waals surface area contributed by atoms with Crippen molar-refractivity contribution in [3.05, 3.63) is 76.8 Å². The number of hydrogen-bond donors (Lipinski definition) is 0. The molecule has 4 nitrogen and oxygen atoms in total. The SMILES string of the molecule is Fc1ccc([C@@H]2CN(Cc3cc(-c4ccc(Cl)cc4)no3)CCO2)cc1. The number of aromatic nitrogens is 1. The van der Waals surface area contributed by atoms with Gasteiger partial charge >= 0.3 is 0 Å². The van der Waals surface area contributed by atoms with Crippen molar-refractivity contribution in [2.45, 2.75) is 12.6 Å². The Morgan fingerprint density at radius 3 is 2.65 bits per heavy atom. The molecular formula is C20H18ClFN2O2. The third-order valence-corrected chi connectivity index (χ3v) is 4.72. The molecule has 1 aromatic heterocycles. The van der Waals surface area contributed by atoms with E-state index in [1.807, 2.05) is 30.3 Å². The second-order valence-electron chi connectivity index (χ2n) is 6.33. The minimum atomic E-state index is -0.238. The molecule has 1 aliphatic rings. The first-order chi connectivity index (χ1) is 12.7. The molecular weight excluding hydrogens is 355 g/mol. The Balaban J connectivity index is 1.42. The maximum atomic E-state index is 13.1. The summed E-state index contributed by atoms with van der Waals surface area (Å²) >= 11 is 5.92. The highest BCUT2D eigenvalue weighted by atomic mass is 35.5. The lowest BCUT2D eigenvalue weighted by molar-refractivity contribution is -0.0351. The molecule has 0 unspecified atom stereocenters. The van der Waals surface area contributed by atoms with Crippen molar-refractivity contribution in [3.8, 4) is 11.3 Å². The van der Waals surface area contributed by atoms with E-state index in [1.54, 1.807) is 12.1 Å². The van der Waals surface area contributed by atoms with E-state index in [9.17, 15) is 4.39 Å². The summed E-state index contributed by atoms with van der Waals surface area (Å²) in [5.41, 5.74) is 2.74. The summed E-state index contributed by atoms with van der Waals surface area (Å²) in [6, 6.07) is 15.9. The highest BCUT2D eigenvalue weighted by molar-refractivity contribution is 6.30. The zero-order chi connectivity index (χ0) is 17.9. The average Bonchev–Trinajstić information content (AvgIpc) is 3.11. The molecule has 0 N–H and O–H groups in total. The summed E-state index contributed by atoms with van der Waals surface area (Å²) in [5.74, 6) is 0.563. The monoisotopic (exact) mass is 372 g/mol. The fourth-order valence-electron chi connectivity index (χ4n) is 3.09. The Bertz CT molecular complexity index is 864. The summed E-state index contributed by atoms with van der Waals surface area (Å²) in [7, 11) is 0. The lowest BCUT2D eigenvalue weighted by Gasteiger charge is -2.32. The van der Waals surface area contributed by atoms with E-state index in [0.717, 1.165) is 35.7 Å². The minimum Gasteiger partial charge on any atom is -0.371 e. The molecule has 26 heavy (non-hydrogen) atoms. The fourth-order valence-corrected chi connectivity index (χ4v) is 3.22. The van der Waals surface area contributed by atoms with Gasteiger partial charge in [-0.1, -0.05) is 41.0 Å². The number of ether oxygens (including phenoxy) is 1. The Hall–Kier alpha value is -2.21. The van der Waals surface area contributed by atoms with Gasteiger partial charge in [0.2, 0.25) is 0 Å². The van der Waals surface area contributed by atoms with Gasteiger partial charge in [-0.15, -0.1) is 0 Å². The number of rotatable bonds is 4. The molecule has 0 radical (unpaired) electrons. The van der Waals surface area contributed by atoms with Crippen molar-refractivity contribution in [3.63, 3.8) is 0 Å². The predicted molar refractivity (Wildman–Crippen MR) is 97.3 cm³/mol. The zero-order valence-corrected chi connectivity index (χ0v) is 14.8. The van der Waals surface area contributed by atoms with Gasteiger partial charge in [0.25, 0.3) is 0 Å². The van der Waals surface area contributed by atoms with Crippen LogP contribution in [0.5, 0.6) is 0 Å². The van der Waals surface area contributed by atoms with E-state index >= 15 is 0 Å². The van der Waals surface area contributed by atoms with Gasteiger partial charge in [-0.3, -0.25) is 4.90 Å². The average molecular weight is 373 g/mol. The highest BCUT2D eigenvalue weighted by Gasteiger charge is 2.23. The maximum absolute atomic E-state index is 13.1. The zero-order valence-electron chi connectivity index (χ0n) is 14.1. The first kappa shape index (κ1) is 17.2. The highest BCUT2D eigenvalue weighted by Crippen LogP contribution is 2.25. The van der Waals surface area contributed by atoms with Crippen molar-refractivity contribution in [2.75, 3.05) is 19.7 Å². The van der Waals surface area contributed by atoms with E-state index in [1.165, 1.54) is 12.1 Å². The summed E-state index contributed by atoms with van der Waals surface area (Å²) in [5, 5.41) is 4.84. The van der Waals surface area contributed by atoms with Gasteiger partial charge in [0, 0.05) is 29.7 Å². The van der Waals surface area contributed by atoms with Crippen LogP contribution in [-0.4, -0.2) is 29.8 Å². The van der Waals surface area contributed by atoms with Crippen molar-refractivity contribution >= 4 is 11.6 Å². The molecule has 3 aromatic rings. The number of halogens is 2. The number of nitrogens with zero attached hydrogens (tertiary/aromatic N) is 2. The van der Waals surface area contributed by atoms with Crippen LogP contribution in [0.1, 0.15) is 17.4 Å². The van der Waals surface area contributed by atoms with Crippen molar-refractivity contribution in [1.82, 2.24) is 10.1 Å². The van der Waals surface area contributed by atoms with Crippen LogP contribution < -0.4 is 0 Å². The van der Waals surface area contributed by atoms with E-state index in [0.29, 0.717) is 18.2 Å². The van der Waals surface area contributed by atoms with Gasteiger partial charge in [-0.05, 0) is 29.8 Å². The lowest BCUT2D eigenvalue weighted by Crippen LogP contribution is -2.37. The van der Waals surface area contributed by atoms with Crippen LogP contribution >= 0.6 is 11.6 Å². The van der Waals surface area contributed by atoms with Crippen LogP contribution in [0.15, 0.2) is 59.1 Å². The number of hydrogen-bond acceptors (Lipinski definition) is 4. The molecule has 0 saturated carbocycles. The van der Waals surface area contributed by atoms with Crippen LogP contribution in [-0.2, 0) is 11.3 Å². The summed E-state index contributed by atoms with van der Waals surface area (Å²) in [6.45, 7) is 2.82. The summed E-state index contributed by atoms with van der Waals surface area (Å²) in [6.07, 6.45) is -0.0667. The molecule has 1 saturated heterocycles. The van der Waals surface area contributed by atoms with Gasteiger partial charge in [0.05, 0.1) is 19.3 Å². The predicted octanol–water partition coefficient (Wildman–Crippen LogP) is 4.71. The molecule has 1 atom stereocenters. The molecule has 1 fully saturated rings. The largest absolute Gasteiger partial charge is 0.371 e. The van der Waals surface area contributed by atoms with Gasteiger partial charge in [-0.2, -0.15) is 0 Å². The second kappa shape index (κ2) is 7.58. The quantitative estimate of drug-likeness (QED) is 0.665. The van der Waals surface area contributed by atoms with E-state index in [-0.39, 0.29) is 11.9 Å². The first-order valence-corrected chi connectivity index (χ1v) is 8.86. The molecule has 0 amide bonds. The first-order valence-electron chi connectivity index (χ1n) is 8.48. The molecule has 2 aromatic carbocycles. The third-order valence-electron chi connectivity index (χ3n) is 4.47. The molecule has 2 heterocycles. The van der Waals surface area contributed by atoms with E-state index in [4.69, 9.17) is 20.9 Å². The maximum Gasteiger partial charge on any atom is 0.151 e. The molecule has 0 spiro atoms. The Labute approximate surface area is 156 Å². The van der Waals surface area contributed by atoms with Crippen molar-refractivity contribution in [1.29, 1.82) is 0 Å². The fraction of sp³-hybridized carbons (Fsp3) is 0.250. The summed E-state index contributed by atoms with van der Waals surface area (Å²) in [4.78, 5) is 2.25. The van der Waals surface area contributed by atoms with Crippen molar-refractivity contribution in [2.24, 2.45) is 0 Å². The lowest BCUT2D eigenvalue weighted by atomic mass is 10.1. The smallest absolute Gasteiger partial charge is 0.151 e. The molecule has 134 valence electrons. The van der Waals surface area contributed by atoms with Crippen LogP contribution in [0.3, 0.4) is 0 Å². The van der Waals surface area contributed by atoms with Crippen LogP contribution in [0.2, 0.25) is 5.02 Å². The molecule has 0 bridgehead atoms. The number of morpholine rings is 1. The van der Waals surface area contributed by atoms with E-state index < -0.39 is 0 Å². The molecule has 6 heteroatoms. The third kappa shape index (κ3) is 3.96. The van der Waals surface area contributed by atoms with Crippen molar-refractivity contribution < 1.29 is 13.7 Å². The number of benzene rings is 2. The van der Waals surface area contributed by atoms with Gasteiger partial charge < -0.3 is 9.26 Å². The normalized spacial score (nSPS) is 18.2. The van der Waals surface area contributed by atoms with Crippen LogP contribution in [0.25, 0.3) is 11.3 Å². The molecule has 0 aliphatic carbocycles. The van der Waals surface area contributed by atoms with Gasteiger partial charge in [-0.25, -0.2) is 4.39 Å². The summed E-state index contributed by atoms with van der Waals surface area (Å²) < 4.78 is 24.4. The Morgan fingerprint density at radius 2 is 1.88 bits per heavy atom. The standard InChI is InChI=1S/C20H18ClFN2O2/c21-16-5-1-14(2-6-16)19-11-18(26-23-19)12-24-9-10-25-20(13-24)15-3-7-17(22)8-4-15/h1-8,11,20H,9-10,12-13H2/t20-/m0/s1. The second-order valence-corrected chi connectivity index (χ2v) is 6.77. The van der Waals surface area contributed by atoms with Gasteiger partial charge in [0.1, 0.15) is 11.5 Å².